The van der Waals surface area contributed by atoms with Crippen molar-refractivity contribution in [3.05, 3.63) is 223 Å². The number of nitrogens with zero attached hydrogens (tertiary/aromatic N) is 4. The van der Waals surface area contributed by atoms with Crippen molar-refractivity contribution in [1.82, 2.24) is 9.13 Å². The van der Waals surface area contributed by atoms with E-state index in [9.17, 15) is 0 Å². The van der Waals surface area contributed by atoms with Crippen LogP contribution >= 0.6 is 0 Å². The van der Waals surface area contributed by atoms with Crippen LogP contribution in [0.2, 0.25) is 0 Å². The molecule has 74 heavy (non-hydrogen) atoms. The fraction of sp³-hybridized carbons (Fsp3) is 0.200. The number of rotatable bonds is 8. The van der Waals surface area contributed by atoms with Gasteiger partial charge in [-0.1, -0.05) is 176 Å². The molecule has 1 aliphatic rings. The monoisotopic (exact) mass is 961 g/mol. The summed E-state index contributed by atoms with van der Waals surface area (Å²) in [7, 11) is 0. The van der Waals surface area contributed by atoms with E-state index in [1.807, 2.05) is 0 Å². The van der Waals surface area contributed by atoms with Gasteiger partial charge < -0.3 is 18.9 Å². The molecule has 0 spiro atoms. The van der Waals surface area contributed by atoms with Gasteiger partial charge in [-0.15, -0.1) is 0 Å². The molecule has 364 valence electrons. The molecule has 1 fully saturated rings. The quantitative estimate of drug-likeness (QED) is 0.111. The molecular formula is C70H64N4. The fourth-order valence-corrected chi connectivity index (χ4v) is 12.4. The molecule has 10 aromatic carbocycles. The first-order chi connectivity index (χ1) is 36.0. The molecule has 0 saturated heterocycles. The maximum atomic E-state index is 2.70. The third-order valence-corrected chi connectivity index (χ3v) is 16.1. The minimum Gasteiger partial charge on any atom is -0.337 e. The highest BCUT2D eigenvalue weighted by atomic mass is 15.2. The summed E-state index contributed by atoms with van der Waals surface area (Å²) in [6.45, 7) is 13.9. The lowest BCUT2D eigenvalue weighted by Crippen LogP contribution is -2.15. The lowest BCUT2D eigenvalue weighted by Gasteiger charge is -2.33. The average Bonchev–Trinajstić information content (AvgIpc) is 3.94. The Kier molecular flexibility index (Phi) is 11.0. The van der Waals surface area contributed by atoms with Crippen molar-refractivity contribution in [2.45, 2.75) is 90.5 Å². The van der Waals surface area contributed by atoms with Gasteiger partial charge >= 0.3 is 0 Å². The molecule has 13 rings (SSSR count). The molecule has 0 unspecified atom stereocenters. The Hall–Kier alpha value is -8.08. The van der Waals surface area contributed by atoms with Gasteiger partial charge in [0.2, 0.25) is 0 Å². The lowest BCUT2D eigenvalue weighted by molar-refractivity contribution is 0.367. The standard InChI is InChI=1S/C70H64N4/c1-69(2,3)47-35-39-63-59(43-47)61-45-53(37-41-65(61)73(63)51-27-15-9-16-28-51)71(49-23-11-7-12-24-49)67-55-31-19-21-33-57(55)68(58-34-22-20-32-56(58)67)72(50-25-13-8-14-26-50)54-38-42-66-62(46-54)60-44-48(70(4,5)6)36-40-64(60)74(66)52-29-17-10-18-30-52/h7-9,11-16,19-28,31-46,52H,10,17-18,29-30H2,1-6H3. The summed E-state index contributed by atoms with van der Waals surface area (Å²) in [4.78, 5) is 5.05. The van der Waals surface area contributed by atoms with Gasteiger partial charge in [0.1, 0.15) is 0 Å². The number of para-hydroxylation sites is 3. The zero-order valence-electron chi connectivity index (χ0n) is 43.6. The summed E-state index contributed by atoms with van der Waals surface area (Å²) in [5.74, 6) is 0. The first kappa shape index (κ1) is 45.8. The van der Waals surface area contributed by atoms with Gasteiger partial charge in [-0.25, -0.2) is 0 Å². The molecule has 0 bridgehead atoms. The maximum Gasteiger partial charge on any atom is 0.0619 e. The minimum atomic E-state index is -0.00832. The van der Waals surface area contributed by atoms with Crippen LogP contribution in [-0.4, -0.2) is 9.13 Å². The highest BCUT2D eigenvalue weighted by molar-refractivity contribution is 6.24. The van der Waals surface area contributed by atoms with Crippen molar-refractivity contribution >= 4 is 99.3 Å². The topological polar surface area (TPSA) is 16.3 Å². The van der Waals surface area contributed by atoms with Gasteiger partial charge in [0, 0.05) is 88.6 Å². The third kappa shape index (κ3) is 7.65. The van der Waals surface area contributed by atoms with Crippen molar-refractivity contribution in [3.8, 4) is 5.69 Å². The Bertz CT molecular complexity index is 4010. The number of fused-ring (bicyclic) bond motifs is 8. The molecule has 0 aliphatic heterocycles. The lowest BCUT2D eigenvalue weighted by atomic mass is 9.86. The molecule has 2 aromatic heterocycles. The van der Waals surface area contributed by atoms with Gasteiger partial charge in [-0.2, -0.15) is 0 Å². The van der Waals surface area contributed by atoms with Crippen LogP contribution in [0.1, 0.15) is 90.8 Å². The molecule has 2 heterocycles. The van der Waals surface area contributed by atoms with Gasteiger partial charge in [-0.05, 0) is 132 Å². The van der Waals surface area contributed by atoms with E-state index in [2.05, 4.69) is 273 Å². The second kappa shape index (κ2) is 17.8. The van der Waals surface area contributed by atoms with Crippen molar-refractivity contribution < 1.29 is 0 Å². The molecule has 0 amide bonds. The van der Waals surface area contributed by atoms with Crippen molar-refractivity contribution in [2.75, 3.05) is 9.80 Å². The van der Waals surface area contributed by atoms with Crippen LogP contribution in [0.3, 0.4) is 0 Å². The number of hydrogen-bond acceptors (Lipinski definition) is 2. The first-order valence-corrected chi connectivity index (χ1v) is 26.9. The molecular weight excluding hydrogens is 897 g/mol. The smallest absolute Gasteiger partial charge is 0.0619 e. The van der Waals surface area contributed by atoms with Crippen LogP contribution in [0.25, 0.3) is 70.8 Å². The SMILES string of the molecule is CC(C)(C)c1ccc2c(c1)c1cc(N(c3ccccc3)c3c4ccccc4c(N(c4ccccc4)c4ccc5c(c4)c4cc(C(C)(C)C)ccc4n5C4CCCCC4)c4ccccc34)ccc1n2-c1ccccc1. The maximum absolute atomic E-state index is 2.70. The zero-order valence-corrected chi connectivity index (χ0v) is 43.6. The zero-order chi connectivity index (χ0) is 50.3. The molecule has 1 aliphatic carbocycles. The fourth-order valence-electron chi connectivity index (χ4n) is 12.4. The Morgan fingerprint density at radius 2 is 0.703 bits per heavy atom. The predicted molar refractivity (Wildman–Crippen MR) is 318 cm³/mol. The van der Waals surface area contributed by atoms with Crippen LogP contribution in [0.15, 0.2) is 212 Å². The largest absolute Gasteiger partial charge is 0.337 e. The van der Waals surface area contributed by atoms with E-state index in [4.69, 9.17) is 0 Å². The second-order valence-electron chi connectivity index (χ2n) is 22.8. The molecule has 0 radical (unpaired) electrons. The van der Waals surface area contributed by atoms with Gasteiger partial charge in [0.25, 0.3) is 0 Å². The van der Waals surface area contributed by atoms with Gasteiger partial charge in [0.15, 0.2) is 0 Å². The Balaban J connectivity index is 1.08. The molecule has 1 saturated carbocycles. The molecule has 0 N–H and O–H groups in total. The third-order valence-electron chi connectivity index (χ3n) is 16.1. The van der Waals surface area contributed by atoms with E-state index in [0.717, 1.165) is 34.1 Å². The van der Waals surface area contributed by atoms with Crippen molar-refractivity contribution in [2.24, 2.45) is 0 Å². The Morgan fingerprint density at radius 3 is 1.16 bits per heavy atom. The van der Waals surface area contributed by atoms with E-state index in [1.54, 1.807) is 0 Å². The summed E-state index contributed by atoms with van der Waals surface area (Å²) in [5, 5.41) is 9.86. The Morgan fingerprint density at radius 1 is 0.338 bits per heavy atom. The number of aromatic nitrogens is 2. The number of anilines is 6. The highest BCUT2D eigenvalue weighted by Crippen LogP contribution is 2.52. The van der Waals surface area contributed by atoms with Crippen LogP contribution in [-0.2, 0) is 10.8 Å². The van der Waals surface area contributed by atoms with Gasteiger partial charge in [0.05, 0.1) is 22.4 Å². The van der Waals surface area contributed by atoms with Crippen LogP contribution < -0.4 is 9.80 Å². The van der Waals surface area contributed by atoms with Crippen LogP contribution in [0.5, 0.6) is 0 Å². The summed E-state index contributed by atoms with van der Waals surface area (Å²) in [6, 6.07) is 80.3. The van der Waals surface area contributed by atoms with Crippen molar-refractivity contribution in [1.29, 1.82) is 0 Å². The van der Waals surface area contributed by atoms with E-state index < -0.39 is 0 Å². The molecule has 0 atom stereocenters. The molecule has 4 nitrogen and oxygen atoms in total. The van der Waals surface area contributed by atoms with E-state index in [-0.39, 0.29) is 10.8 Å². The summed E-state index contributed by atoms with van der Waals surface area (Å²) in [5.41, 5.74) is 15.7. The normalized spacial score (nSPS) is 13.8. The van der Waals surface area contributed by atoms with Gasteiger partial charge in [-0.3, -0.25) is 0 Å². The van der Waals surface area contributed by atoms with E-state index in [1.165, 1.54) is 114 Å². The number of hydrogen-bond donors (Lipinski definition) is 0. The molecule has 12 aromatic rings. The summed E-state index contributed by atoms with van der Waals surface area (Å²) in [6.07, 6.45) is 6.36. The van der Waals surface area contributed by atoms with Crippen LogP contribution in [0.4, 0.5) is 34.1 Å². The summed E-state index contributed by atoms with van der Waals surface area (Å²) >= 11 is 0. The molecule has 4 heteroatoms. The first-order valence-electron chi connectivity index (χ1n) is 26.9. The van der Waals surface area contributed by atoms with E-state index >= 15 is 0 Å². The number of benzene rings is 10. The Labute approximate surface area is 435 Å². The minimum absolute atomic E-state index is 0.00832. The van der Waals surface area contributed by atoms with Crippen LogP contribution in [0, 0.1) is 0 Å². The predicted octanol–water partition coefficient (Wildman–Crippen LogP) is 20.2. The van der Waals surface area contributed by atoms with Crippen molar-refractivity contribution in [3.63, 3.8) is 0 Å². The highest BCUT2D eigenvalue weighted by Gasteiger charge is 2.29. The summed E-state index contributed by atoms with van der Waals surface area (Å²) < 4.78 is 5.13. The average molecular weight is 961 g/mol. The second-order valence-corrected chi connectivity index (χ2v) is 22.8. The van der Waals surface area contributed by atoms with E-state index in [0.29, 0.717) is 6.04 Å².